The molecule has 3 aromatic rings. The Morgan fingerprint density at radius 1 is 1.10 bits per heavy atom. The first-order valence-corrected chi connectivity index (χ1v) is 10.2. The number of aromatic nitrogens is 1. The highest BCUT2D eigenvalue weighted by atomic mass is 16.5. The Morgan fingerprint density at radius 3 is 2.66 bits per heavy atom. The van der Waals surface area contributed by atoms with Gasteiger partial charge in [-0.2, -0.15) is 0 Å². The van der Waals surface area contributed by atoms with Gasteiger partial charge >= 0.3 is 0 Å². The second kappa shape index (κ2) is 9.07. The van der Waals surface area contributed by atoms with Crippen LogP contribution in [0.1, 0.15) is 29.5 Å². The molecule has 0 radical (unpaired) electrons. The summed E-state index contributed by atoms with van der Waals surface area (Å²) in [5, 5.41) is 9.92. The van der Waals surface area contributed by atoms with Crippen molar-refractivity contribution in [3.05, 3.63) is 77.5 Å². The predicted molar refractivity (Wildman–Crippen MR) is 116 cm³/mol. The van der Waals surface area contributed by atoms with E-state index in [0.717, 1.165) is 38.2 Å². The number of hydroxylamine groups is 1. The first kappa shape index (κ1) is 19.4. The Kier molecular flexibility index (Phi) is 6.08. The third-order valence-corrected chi connectivity index (χ3v) is 5.60. The number of benzene rings is 2. The van der Waals surface area contributed by atoms with Crippen LogP contribution in [-0.2, 0) is 24.3 Å². The van der Waals surface area contributed by atoms with Gasteiger partial charge in [0.15, 0.2) is 0 Å². The van der Waals surface area contributed by atoms with Gasteiger partial charge in [0, 0.05) is 36.3 Å². The van der Waals surface area contributed by atoms with Crippen molar-refractivity contribution in [3.8, 4) is 0 Å². The molecule has 1 saturated heterocycles. The van der Waals surface area contributed by atoms with Crippen molar-refractivity contribution >= 4 is 22.9 Å². The van der Waals surface area contributed by atoms with Crippen molar-refractivity contribution in [3.63, 3.8) is 0 Å². The number of carbonyl (C=O) groups is 1. The molecule has 1 aliphatic heterocycles. The van der Waals surface area contributed by atoms with Crippen LogP contribution in [0, 0.1) is 0 Å². The molecule has 1 aromatic heterocycles. The van der Waals surface area contributed by atoms with E-state index in [1.165, 1.54) is 40.9 Å². The number of aryl methyl sites for hydroxylation is 2. The Morgan fingerprint density at radius 2 is 1.90 bits per heavy atom. The molecule has 0 spiro atoms. The van der Waals surface area contributed by atoms with E-state index in [1.807, 2.05) is 6.07 Å². The summed E-state index contributed by atoms with van der Waals surface area (Å²) < 4.78 is 2.35. The van der Waals surface area contributed by atoms with Gasteiger partial charge in [-0.05, 0) is 67.3 Å². The summed E-state index contributed by atoms with van der Waals surface area (Å²) >= 11 is 0. The molecular weight excluding hydrogens is 362 g/mol. The zero-order valence-corrected chi connectivity index (χ0v) is 16.6. The highest BCUT2D eigenvalue weighted by molar-refractivity contribution is 5.92. The number of amides is 1. The van der Waals surface area contributed by atoms with Gasteiger partial charge in [-0.25, -0.2) is 5.48 Å². The SMILES string of the molecule is O=C(/C=C/c1ccc2c(c1)c(CN1CCCC1)cn2CCc1ccccc1)NO. The second-order valence-corrected chi connectivity index (χ2v) is 7.65. The monoisotopic (exact) mass is 389 g/mol. The van der Waals surface area contributed by atoms with Crippen LogP contribution in [0.25, 0.3) is 17.0 Å². The molecule has 5 nitrogen and oxygen atoms in total. The molecule has 0 bridgehead atoms. The summed E-state index contributed by atoms with van der Waals surface area (Å²) in [6.45, 7) is 4.21. The van der Waals surface area contributed by atoms with E-state index in [-0.39, 0.29) is 0 Å². The molecule has 2 aromatic carbocycles. The van der Waals surface area contributed by atoms with Crippen molar-refractivity contribution in [2.75, 3.05) is 13.1 Å². The molecule has 1 amide bonds. The lowest BCUT2D eigenvalue weighted by Gasteiger charge is -2.13. The summed E-state index contributed by atoms with van der Waals surface area (Å²) in [5.41, 5.74) is 6.47. The topological polar surface area (TPSA) is 57.5 Å². The lowest BCUT2D eigenvalue weighted by atomic mass is 10.1. The quantitative estimate of drug-likeness (QED) is 0.365. The summed E-state index contributed by atoms with van der Waals surface area (Å²) in [6.07, 6.45) is 8.90. The molecule has 1 aliphatic rings. The summed E-state index contributed by atoms with van der Waals surface area (Å²) in [4.78, 5) is 13.8. The molecule has 2 N–H and O–H groups in total. The summed E-state index contributed by atoms with van der Waals surface area (Å²) in [5.74, 6) is -0.525. The molecule has 0 unspecified atom stereocenters. The van der Waals surface area contributed by atoms with Crippen LogP contribution in [-0.4, -0.2) is 33.7 Å². The number of rotatable bonds is 7. The largest absolute Gasteiger partial charge is 0.347 e. The van der Waals surface area contributed by atoms with E-state index in [0.29, 0.717) is 0 Å². The number of nitrogens with zero attached hydrogens (tertiary/aromatic N) is 2. The summed E-state index contributed by atoms with van der Waals surface area (Å²) in [6, 6.07) is 16.9. The third-order valence-electron chi connectivity index (χ3n) is 5.60. The lowest BCUT2D eigenvalue weighted by Crippen LogP contribution is -2.18. The summed E-state index contributed by atoms with van der Waals surface area (Å²) in [7, 11) is 0. The highest BCUT2D eigenvalue weighted by Gasteiger charge is 2.16. The van der Waals surface area contributed by atoms with Crippen LogP contribution in [0.4, 0.5) is 0 Å². The van der Waals surface area contributed by atoms with E-state index in [1.54, 1.807) is 11.6 Å². The first-order valence-electron chi connectivity index (χ1n) is 10.2. The molecular formula is C24H27N3O2. The van der Waals surface area contributed by atoms with Gasteiger partial charge in [0.2, 0.25) is 0 Å². The van der Waals surface area contributed by atoms with Gasteiger partial charge in [0.25, 0.3) is 5.91 Å². The molecule has 29 heavy (non-hydrogen) atoms. The maximum absolute atomic E-state index is 11.3. The molecule has 0 aliphatic carbocycles. The molecule has 0 atom stereocenters. The van der Waals surface area contributed by atoms with Crippen molar-refractivity contribution in [2.45, 2.75) is 32.4 Å². The minimum absolute atomic E-state index is 0.525. The molecule has 0 saturated carbocycles. The number of fused-ring (bicyclic) bond motifs is 1. The van der Waals surface area contributed by atoms with Gasteiger partial charge in [-0.3, -0.25) is 14.9 Å². The number of hydrogen-bond acceptors (Lipinski definition) is 3. The van der Waals surface area contributed by atoms with Crippen molar-refractivity contribution < 1.29 is 10.0 Å². The van der Waals surface area contributed by atoms with Crippen LogP contribution < -0.4 is 5.48 Å². The fourth-order valence-corrected chi connectivity index (χ4v) is 4.09. The van der Waals surface area contributed by atoms with Crippen LogP contribution >= 0.6 is 0 Å². The zero-order chi connectivity index (χ0) is 20.1. The Hall–Kier alpha value is -2.89. The normalized spacial score (nSPS) is 14.8. The number of hydrogen-bond donors (Lipinski definition) is 2. The van der Waals surface area contributed by atoms with Gasteiger partial charge in [-0.15, -0.1) is 0 Å². The fraction of sp³-hybridized carbons (Fsp3) is 0.292. The Balaban J connectivity index is 1.63. The van der Waals surface area contributed by atoms with Gasteiger partial charge in [0.05, 0.1) is 0 Å². The maximum atomic E-state index is 11.3. The highest BCUT2D eigenvalue weighted by Crippen LogP contribution is 2.26. The number of carbonyl (C=O) groups excluding carboxylic acids is 1. The first-order chi connectivity index (χ1) is 14.2. The van der Waals surface area contributed by atoms with E-state index in [2.05, 4.69) is 58.1 Å². The zero-order valence-electron chi connectivity index (χ0n) is 16.6. The molecule has 1 fully saturated rings. The molecule has 5 heteroatoms. The maximum Gasteiger partial charge on any atom is 0.267 e. The Labute approximate surface area is 171 Å². The van der Waals surface area contributed by atoms with Gasteiger partial charge in [-0.1, -0.05) is 36.4 Å². The van der Waals surface area contributed by atoms with Gasteiger partial charge in [0.1, 0.15) is 0 Å². The van der Waals surface area contributed by atoms with Crippen LogP contribution in [0.2, 0.25) is 0 Å². The average Bonchev–Trinajstić information content (AvgIpc) is 3.39. The third kappa shape index (κ3) is 4.75. The number of nitrogens with one attached hydrogen (secondary N) is 1. The number of likely N-dealkylation sites (tertiary alicyclic amines) is 1. The predicted octanol–water partition coefficient (Wildman–Crippen LogP) is 4.00. The van der Waals surface area contributed by atoms with E-state index in [4.69, 9.17) is 5.21 Å². The van der Waals surface area contributed by atoms with Crippen molar-refractivity contribution in [1.29, 1.82) is 0 Å². The fourth-order valence-electron chi connectivity index (χ4n) is 4.09. The second-order valence-electron chi connectivity index (χ2n) is 7.65. The standard InChI is InChI=1S/C24H27N3O2/c28-24(25-29)11-9-20-8-10-23-22(16-20)21(17-26-13-4-5-14-26)18-27(23)15-12-19-6-2-1-3-7-19/h1-3,6-11,16,18,29H,4-5,12-15,17H2,(H,25,28)/b11-9+. The molecule has 150 valence electrons. The minimum Gasteiger partial charge on any atom is -0.347 e. The lowest BCUT2D eigenvalue weighted by molar-refractivity contribution is -0.124. The van der Waals surface area contributed by atoms with E-state index < -0.39 is 5.91 Å². The van der Waals surface area contributed by atoms with E-state index >= 15 is 0 Å². The van der Waals surface area contributed by atoms with E-state index in [9.17, 15) is 4.79 Å². The molecule has 4 rings (SSSR count). The van der Waals surface area contributed by atoms with Crippen LogP contribution in [0.3, 0.4) is 0 Å². The minimum atomic E-state index is -0.525. The molecule has 2 heterocycles. The average molecular weight is 389 g/mol. The van der Waals surface area contributed by atoms with Crippen LogP contribution in [0.15, 0.2) is 60.8 Å². The van der Waals surface area contributed by atoms with Crippen molar-refractivity contribution in [2.24, 2.45) is 0 Å². The Bertz CT molecular complexity index is 1000. The van der Waals surface area contributed by atoms with Crippen LogP contribution in [0.5, 0.6) is 0 Å². The van der Waals surface area contributed by atoms with Crippen molar-refractivity contribution in [1.82, 2.24) is 14.9 Å². The van der Waals surface area contributed by atoms with Gasteiger partial charge < -0.3 is 4.57 Å². The smallest absolute Gasteiger partial charge is 0.267 e.